The highest BCUT2D eigenvalue weighted by molar-refractivity contribution is 5.71. The van der Waals surface area contributed by atoms with Crippen LogP contribution in [0.5, 0.6) is 5.75 Å². The number of benzene rings is 1. The topological polar surface area (TPSA) is 66.8 Å². The number of ether oxygens (including phenoxy) is 1. The Bertz CT molecular complexity index is 523. The van der Waals surface area contributed by atoms with Crippen LogP contribution in [-0.4, -0.2) is 23.3 Å². The van der Waals surface area contributed by atoms with Gasteiger partial charge in [-0.25, -0.2) is 8.78 Å². The number of carboxylic acids is 1. The fourth-order valence-corrected chi connectivity index (χ4v) is 3.14. The maximum atomic E-state index is 14.0. The van der Waals surface area contributed by atoms with Crippen molar-refractivity contribution in [2.45, 2.75) is 25.9 Å². The summed E-state index contributed by atoms with van der Waals surface area (Å²) in [6.07, 6.45) is -0.665. The highest BCUT2D eigenvalue weighted by Crippen LogP contribution is 2.44. The van der Waals surface area contributed by atoms with Crippen molar-refractivity contribution in [3.8, 4) is 5.75 Å². The first-order valence-electron chi connectivity index (χ1n) is 6.79. The van der Waals surface area contributed by atoms with E-state index >= 15 is 0 Å². The van der Waals surface area contributed by atoms with E-state index in [0.29, 0.717) is 12.8 Å². The minimum atomic E-state index is -1.48. The molecule has 1 aromatic rings. The van der Waals surface area contributed by atoms with Crippen LogP contribution in [0, 0.1) is 29.4 Å². The molecule has 1 aromatic carbocycles. The molecule has 4 atom stereocenters. The molecule has 21 heavy (non-hydrogen) atoms. The van der Waals surface area contributed by atoms with Gasteiger partial charge in [0.25, 0.3) is 0 Å². The maximum absolute atomic E-state index is 14.0. The van der Waals surface area contributed by atoms with E-state index in [-0.39, 0.29) is 11.7 Å². The zero-order valence-electron chi connectivity index (χ0n) is 11.8. The molecule has 2 rings (SSSR count). The van der Waals surface area contributed by atoms with Gasteiger partial charge in [-0.2, -0.15) is 0 Å². The number of hydrogen-bond donors (Lipinski definition) is 2. The van der Waals surface area contributed by atoms with E-state index in [0.717, 1.165) is 12.1 Å². The molecule has 0 bridgehead atoms. The first-order valence-corrected chi connectivity index (χ1v) is 6.79. The molecular formula is C15H18F2O4. The number of aliphatic hydroxyl groups excluding tert-OH is 1. The van der Waals surface area contributed by atoms with E-state index in [1.807, 2.05) is 6.92 Å². The van der Waals surface area contributed by atoms with Crippen molar-refractivity contribution in [2.24, 2.45) is 17.8 Å². The first-order chi connectivity index (χ1) is 9.85. The first kappa shape index (κ1) is 15.7. The van der Waals surface area contributed by atoms with E-state index in [4.69, 9.17) is 4.74 Å². The third kappa shape index (κ3) is 3.00. The lowest BCUT2D eigenvalue weighted by atomic mass is 9.86. The summed E-state index contributed by atoms with van der Waals surface area (Å²) in [5, 5.41) is 19.5. The van der Waals surface area contributed by atoms with Crippen LogP contribution in [0.4, 0.5) is 8.78 Å². The van der Waals surface area contributed by atoms with Gasteiger partial charge in [0.2, 0.25) is 0 Å². The molecule has 4 unspecified atom stereocenters. The Morgan fingerprint density at radius 2 is 1.90 bits per heavy atom. The number of halogens is 2. The van der Waals surface area contributed by atoms with Crippen LogP contribution in [0.15, 0.2) is 12.1 Å². The van der Waals surface area contributed by atoms with Gasteiger partial charge in [0.1, 0.15) is 17.4 Å². The zero-order valence-corrected chi connectivity index (χ0v) is 11.8. The van der Waals surface area contributed by atoms with Crippen molar-refractivity contribution >= 4 is 5.97 Å². The number of rotatable bonds is 4. The summed E-state index contributed by atoms with van der Waals surface area (Å²) in [4.78, 5) is 11.2. The van der Waals surface area contributed by atoms with E-state index in [9.17, 15) is 23.8 Å². The van der Waals surface area contributed by atoms with Gasteiger partial charge in [0.15, 0.2) is 0 Å². The Labute approximate surface area is 121 Å². The highest BCUT2D eigenvalue weighted by Gasteiger charge is 2.42. The molecule has 0 saturated heterocycles. The molecule has 0 aliphatic heterocycles. The average Bonchev–Trinajstić information content (AvgIpc) is 2.80. The van der Waals surface area contributed by atoms with Gasteiger partial charge in [-0.15, -0.1) is 0 Å². The third-order valence-corrected chi connectivity index (χ3v) is 4.15. The van der Waals surface area contributed by atoms with Crippen molar-refractivity contribution in [2.75, 3.05) is 7.11 Å². The average molecular weight is 300 g/mol. The monoisotopic (exact) mass is 300 g/mol. The van der Waals surface area contributed by atoms with Gasteiger partial charge >= 0.3 is 5.97 Å². The maximum Gasteiger partial charge on any atom is 0.306 e. The summed E-state index contributed by atoms with van der Waals surface area (Å²) in [5.74, 6) is -4.29. The number of aliphatic carboxylic acids is 1. The van der Waals surface area contributed by atoms with Crippen molar-refractivity contribution < 1.29 is 28.5 Å². The van der Waals surface area contributed by atoms with Crippen LogP contribution < -0.4 is 4.74 Å². The fourth-order valence-electron chi connectivity index (χ4n) is 3.14. The van der Waals surface area contributed by atoms with Gasteiger partial charge in [0.05, 0.1) is 24.7 Å². The molecule has 1 fully saturated rings. The predicted octanol–water partition coefficient (Wildman–Crippen LogP) is 2.75. The number of carboxylic acid groups (broad SMARTS) is 1. The second kappa shape index (κ2) is 5.97. The van der Waals surface area contributed by atoms with Crippen LogP contribution in [0.25, 0.3) is 0 Å². The van der Waals surface area contributed by atoms with E-state index in [2.05, 4.69) is 0 Å². The predicted molar refractivity (Wildman–Crippen MR) is 70.9 cm³/mol. The van der Waals surface area contributed by atoms with E-state index < -0.39 is 41.1 Å². The number of methoxy groups -OCH3 is 1. The van der Waals surface area contributed by atoms with Crippen LogP contribution in [0.3, 0.4) is 0 Å². The zero-order chi connectivity index (χ0) is 15.7. The van der Waals surface area contributed by atoms with Gasteiger partial charge in [0, 0.05) is 18.1 Å². The standard InChI is InChI=1S/C15H18F2O4/c1-7-3-9(10(4-7)15(19)20)14(18)13-11(16)5-8(21-2)6-12(13)17/h5-7,9-10,14,18H,3-4H2,1-2H3,(H,19,20). The fraction of sp³-hybridized carbons (Fsp3) is 0.533. The van der Waals surface area contributed by atoms with Gasteiger partial charge in [-0.1, -0.05) is 6.92 Å². The Hall–Kier alpha value is -1.69. The van der Waals surface area contributed by atoms with Crippen molar-refractivity contribution in [3.05, 3.63) is 29.3 Å². The molecule has 0 radical (unpaired) electrons. The Morgan fingerprint density at radius 1 is 1.33 bits per heavy atom. The van der Waals surface area contributed by atoms with Gasteiger partial charge in [-0.05, 0) is 18.8 Å². The van der Waals surface area contributed by atoms with Gasteiger partial charge in [-0.3, -0.25) is 4.79 Å². The van der Waals surface area contributed by atoms with E-state index in [1.165, 1.54) is 7.11 Å². The highest BCUT2D eigenvalue weighted by atomic mass is 19.1. The molecule has 1 aliphatic rings. The second-order valence-corrected chi connectivity index (χ2v) is 5.63. The lowest BCUT2D eigenvalue weighted by Gasteiger charge is -2.23. The smallest absolute Gasteiger partial charge is 0.306 e. The van der Waals surface area contributed by atoms with Crippen LogP contribution in [0.1, 0.15) is 31.4 Å². The molecule has 0 aromatic heterocycles. The second-order valence-electron chi connectivity index (χ2n) is 5.63. The van der Waals surface area contributed by atoms with Crippen LogP contribution in [0.2, 0.25) is 0 Å². The summed E-state index contributed by atoms with van der Waals surface area (Å²) >= 11 is 0. The summed E-state index contributed by atoms with van der Waals surface area (Å²) < 4.78 is 32.8. The van der Waals surface area contributed by atoms with Crippen LogP contribution >= 0.6 is 0 Å². The molecule has 2 N–H and O–H groups in total. The molecule has 0 spiro atoms. The summed E-state index contributed by atoms with van der Waals surface area (Å²) in [6.45, 7) is 1.86. The minimum Gasteiger partial charge on any atom is -0.497 e. The Balaban J connectivity index is 2.35. The summed E-state index contributed by atoms with van der Waals surface area (Å²) in [5.41, 5.74) is -0.485. The van der Waals surface area contributed by atoms with Crippen molar-refractivity contribution in [1.29, 1.82) is 0 Å². The number of carbonyl (C=O) groups is 1. The van der Waals surface area contributed by atoms with E-state index in [1.54, 1.807) is 0 Å². The largest absolute Gasteiger partial charge is 0.497 e. The molecule has 0 amide bonds. The van der Waals surface area contributed by atoms with Crippen LogP contribution in [-0.2, 0) is 4.79 Å². The lowest BCUT2D eigenvalue weighted by molar-refractivity contribution is -0.144. The summed E-state index contributed by atoms with van der Waals surface area (Å²) in [7, 11) is 1.28. The molecule has 6 heteroatoms. The quantitative estimate of drug-likeness (QED) is 0.897. The molecule has 1 saturated carbocycles. The number of hydrogen-bond acceptors (Lipinski definition) is 3. The Morgan fingerprint density at radius 3 is 2.38 bits per heavy atom. The molecule has 116 valence electrons. The van der Waals surface area contributed by atoms with Gasteiger partial charge < -0.3 is 14.9 Å². The lowest BCUT2D eigenvalue weighted by Crippen LogP contribution is -2.25. The molecule has 0 heterocycles. The molecule has 1 aliphatic carbocycles. The third-order valence-electron chi connectivity index (χ3n) is 4.15. The SMILES string of the molecule is COc1cc(F)c(C(O)C2CC(C)CC2C(=O)O)c(F)c1. The summed E-state index contributed by atoms with van der Waals surface area (Å²) in [6, 6.07) is 1.96. The minimum absolute atomic E-state index is 0.00974. The normalized spacial score (nSPS) is 26.6. The number of aliphatic hydroxyl groups is 1. The van der Waals surface area contributed by atoms with Crippen molar-refractivity contribution in [3.63, 3.8) is 0 Å². The molecule has 4 nitrogen and oxygen atoms in total. The molecular weight excluding hydrogens is 282 g/mol. The van der Waals surface area contributed by atoms with Crippen molar-refractivity contribution in [1.82, 2.24) is 0 Å². The Kier molecular flexibility index (Phi) is 4.46.